The quantitative estimate of drug-likeness (QED) is 0.730. The molecular weight excluding hydrogens is 194 g/mol. The summed E-state index contributed by atoms with van der Waals surface area (Å²) in [7, 11) is 0. The summed E-state index contributed by atoms with van der Waals surface area (Å²) in [5.74, 6) is 0.0428. The largest absolute Gasteiger partial charge is 0.411 e. The molecule has 15 heavy (non-hydrogen) atoms. The fraction of sp³-hybridized carbons (Fsp3) is 0. The Kier molecular flexibility index (Phi) is 2.13. The predicted molar refractivity (Wildman–Crippen MR) is 56.4 cm³/mol. The van der Waals surface area contributed by atoms with Gasteiger partial charge >= 0.3 is 6.09 Å². The van der Waals surface area contributed by atoms with Gasteiger partial charge < -0.3 is 16.2 Å². The average Bonchev–Trinajstić information content (AvgIpc) is 2.18. The van der Waals surface area contributed by atoms with Crippen molar-refractivity contribution >= 4 is 22.7 Å². The number of fused-ring (bicyclic) bond motifs is 1. The van der Waals surface area contributed by atoms with E-state index in [1.165, 1.54) is 0 Å². The SMILES string of the molecule is NC(=O)Oc1nc2ccccc2cc1N. The molecule has 1 aromatic carbocycles. The second kappa shape index (κ2) is 3.45. The number of nitrogens with zero attached hydrogens (tertiary/aromatic N) is 1. The highest BCUT2D eigenvalue weighted by molar-refractivity contribution is 5.84. The van der Waals surface area contributed by atoms with E-state index >= 15 is 0 Å². The Morgan fingerprint density at radius 1 is 1.33 bits per heavy atom. The standard InChI is InChI=1S/C10H9N3O2/c11-7-5-6-3-1-2-4-8(6)13-9(7)15-10(12)14/h1-5H,11H2,(H2,12,14). The molecule has 2 rings (SSSR count). The number of amides is 1. The molecule has 0 saturated carbocycles. The number of hydrogen-bond donors (Lipinski definition) is 2. The zero-order valence-corrected chi connectivity index (χ0v) is 7.81. The normalized spacial score (nSPS) is 10.1. The number of carbonyl (C=O) groups excluding carboxylic acids is 1. The predicted octanol–water partition coefficient (Wildman–Crippen LogP) is 1.27. The highest BCUT2D eigenvalue weighted by atomic mass is 16.6. The zero-order valence-electron chi connectivity index (χ0n) is 7.81. The third-order valence-corrected chi connectivity index (χ3v) is 1.91. The number of carbonyl (C=O) groups is 1. The zero-order chi connectivity index (χ0) is 10.8. The Morgan fingerprint density at radius 2 is 2.07 bits per heavy atom. The van der Waals surface area contributed by atoms with E-state index in [2.05, 4.69) is 9.72 Å². The summed E-state index contributed by atoms with van der Waals surface area (Å²) >= 11 is 0. The Bertz CT molecular complexity index is 525. The number of nitrogens with two attached hydrogens (primary N) is 2. The molecule has 0 aliphatic rings. The lowest BCUT2D eigenvalue weighted by Crippen LogP contribution is -2.17. The van der Waals surface area contributed by atoms with E-state index in [1.807, 2.05) is 18.2 Å². The van der Waals surface area contributed by atoms with Crippen molar-refractivity contribution in [3.8, 4) is 5.88 Å². The van der Waals surface area contributed by atoms with Gasteiger partial charge in [0.1, 0.15) is 0 Å². The molecule has 0 atom stereocenters. The van der Waals surface area contributed by atoms with Gasteiger partial charge in [-0.3, -0.25) is 0 Å². The van der Waals surface area contributed by atoms with Crippen molar-refractivity contribution in [2.45, 2.75) is 0 Å². The van der Waals surface area contributed by atoms with Crippen LogP contribution in [-0.2, 0) is 0 Å². The minimum Gasteiger partial charge on any atom is -0.394 e. The summed E-state index contributed by atoms with van der Waals surface area (Å²) in [5, 5.41) is 0.881. The van der Waals surface area contributed by atoms with Crippen LogP contribution in [0.25, 0.3) is 10.9 Å². The summed E-state index contributed by atoms with van der Waals surface area (Å²) in [5.41, 5.74) is 11.5. The van der Waals surface area contributed by atoms with Crippen LogP contribution in [0.2, 0.25) is 0 Å². The van der Waals surface area contributed by atoms with E-state index in [0.717, 1.165) is 5.39 Å². The van der Waals surface area contributed by atoms with E-state index in [1.54, 1.807) is 12.1 Å². The van der Waals surface area contributed by atoms with E-state index in [-0.39, 0.29) is 11.6 Å². The third-order valence-electron chi connectivity index (χ3n) is 1.91. The number of ether oxygens (including phenoxy) is 1. The van der Waals surface area contributed by atoms with Crippen LogP contribution in [-0.4, -0.2) is 11.1 Å². The van der Waals surface area contributed by atoms with Gasteiger partial charge in [0.05, 0.1) is 11.2 Å². The maximum absolute atomic E-state index is 10.6. The summed E-state index contributed by atoms with van der Waals surface area (Å²) in [4.78, 5) is 14.6. The van der Waals surface area contributed by atoms with Gasteiger partial charge in [0.15, 0.2) is 0 Å². The highest BCUT2D eigenvalue weighted by Gasteiger charge is 2.07. The number of aromatic nitrogens is 1. The van der Waals surface area contributed by atoms with Gasteiger partial charge in [-0.2, -0.15) is 0 Å². The minimum absolute atomic E-state index is 0.0428. The van der Waals surface area contributed by atoms with Gasteiger partial charge in [0, 0.05) is 5.39 Å². The van der Waals surface area contributed by atoms with Crippen LogP contribution < -0.4 is 16.2 Å². The van der Waals surface area contributed by atoms with Crippen LogP contribution >= 0.6 is 0 Å². The van der Waals surface area contributed by atoms with Crippen molar-refractivity contribution < 1.29 is 9.53 Å². The Labute approximate surface area is 85.7 Å². The topological polar surface area (TPSA) is 91.2 Å². The Balaban J connectivity index is 2.56. The maximum atomic E-state index is 10.6. The van der Waals surface area contributed by atoms with E-state index < -0.39 is 6.09 Å². The second-order valence-electron chi connectivity index (χ2n) is 3.00. The number of hydrogen-bond acceptors (Lipinski definition) is 4. The number of rotatable bonds is 1. The first-order valence-electron chi connectivity index (χ1n) is 4.29. The number of anilines is 1. The highest BCUT2D eigenvalue weighted by Crippen LogP contribution is 2.23. The number of nitrogen functional groups attached to an aromatic ring is 1. The first-order chi connectivity index (χ1) is 7.16. The molecule has 76 valence electrons. The number of benzene rings is 1. The monoisotopic (exact) mass is 203 g/mol. The summed E-state index contributed by atoms with van der Waals surface area (Å²) in [6.45, 7) is 0. The maximum Gasteiger partial charge on any atom is 0.411 e. The van der Waals surface area contributed by atoms with Gasteiger partial charge in [-0.1, -0.05) is 18.2 Å². The van der Waals surface area contributed by atoms with E-state index in [4.69, 9.17) is 11.5 Å². The molecule has 0 aliphatic heterocycles. The van der Waals surface area contributed by atoms with Gasteiger partial charge in [-0.25, -0.2) is 9.78 Å². The molecule has 0 saturated heterocycles. The third kappa shape index (κ3) is 1.80. The molecular formula is C10H9N3O2. The molecule has 0 bridgehead atoms. The lowest BCUT2D eigenvalue weighted by Gasteiger charge is -2.05. The fourth-order valence-electron chi connectivity index (χ4n) is 1.29. The van der Waals surface area contributed by atoms with Gasteiger partial charge in [0.25, 0.3) is 0 Å². The summed E-state index contributed by atoms with van der Waals surface area (Å²) in [6.07, 6.45) is -0.926. The molecule has 0 spiro atoms. The molecule has 5 heteroatoms. The molecule has 0 radical (unpaired) electrons. The van der Waals surface area contributed by atoms with Gasteiger partial charge in [-0.15, -0.1) is 0 Å². The molecule has 2 aromatic rings. The molecule has 0 fully saturated rings. The van der Waals surface area contributed by atoms with Crippen molar-refractivity contribution in [2.24, 2.45) is 5.73 Å². The summed E-state index contributed by atoms with van der Waals surface area (Å²) < 4.78 is 4.66. The van der Waals surface area contributed by atoms with Crippen molar-refractivity contribution in [1.82, 2.24) is 4.98 Å². The van der Waals surface area contributed by atoms with Crippen LogP contribution in [0, 0.1) is 0 Å². The first kappa shape index (κ1) is 9.26. The molecule has 1 aromatic heterocycles. The molecule has 1 amide bonds. The minimum atomic E-state index is -0.926. The molecule has 0 unspecified atom stereocenters. The molecule has 4 N–H and O–H groups in total. The van der Waals surface area contributed by atoms with Crippen molar-refractivity contribution in [1.29, 1.82) is 0 Å². The van der Waals surface area contributed by atoms with Crippen LogP contribution in [0.4, 0.5) is 10.5 Å². The van der Waals surface area contributed by atoms with Crippen molar-refractivity contribution in [3.05, 3.63) is 30.3 Å². The van der Waals surface area contributed by atoms with Crippen LogP contribution in [0.15, 0.2) is 30.3 Å². The Hall–Kier alpha value is -2.30. The molecule has 1 heterocycles. The Morgan fingerprint density at radius 3 is 2.80 bits per heavy atom. The van der Waals surface area contributed by atoms with Gasteiger partial charge in [-0.05, 0) is 12.1 Å². The van der Waals surface area contributed by atoms with Crippen molar-refractivity contribution in [2.75, 3.05) is 5.73 Å². The fourth-order valence-corrected chi connectivity index (χ4v) is 1.29. The van der Waals surface area contributed by atoms with Crippen LogP contribution in [0.3, 0.4) is 0 Å². The lowest BCUT2D eigenvalue weighted by atomic mass is 10.2. The lowest BCUT2D eigenvalue weighted by molar-refractivity contribution is 0.209. The van der Waals surface area contributed by atoms with Gasteiger partial charge in [0.2, 0.25) is 5.88 Å². The van der Waals surface area contributed by atoms with Crippen LogP contribution in [0.5, 0.6) is 5.88 Å². The average molecular weight is 203 g/mol. The van der Waals surface area contributed by atoms with Crippen LogP contribution in [0.1, 0.15) is 0 Å². The second-order valence-corrected chi connectivity index (χ2v) is 3.00. The summed E-state index contributed by atoms with van der Waals surface area (Å²) in [6, 6.07) is 9.05. The first-order valence-corrected chi connectivity index (χ1v) is 4.29. The molecule has 5 nitrogen and oxygen atoms in total. The van der Waals surface area contributed by atoms with E-state index in [9.17, 15) is 4.79 Å². The van der Waals surface area contributed by atoms with E-state index in [0.29, 0.717) is 5.52 Å². The number of pyridine rings is 1. The number of para-hydroxylation sites is 1. The van der Waals surface area contributed by atoms with Crippen molar-refractivity contribution in [3.63, 3.8) is 0 Å². The number of primary amides is 1. The molecule has 0 aliphatic carbocycles. The smallest absolute Gasteiger partial charge is 0.394 e.